The van der Waals surface area contributed by atoms with Gasteiger partial charge < -0.3 is 19.6 Å². The van der Waals surface area contributed by atoms with Crippen molar-refractivity contribution in [1.82, 2.24) is 9.80 Å². The van der Waals surface area contributed by atoms with Gasteiger partial charge in [-0.25, -0.2) is 9.59 Å². The third-order valence-electron chi connectivity index (χ3n) is 2.77. The first kappa shape index (κ1) is 17.2. The number of aliphatic carboxylic acids is 1. The second-order valence-electron chi connectivity index (χ2n) is 4.04. The first-order valence-electron chi connectivity index (χ1n) is 6.10. The molecule has 0 fully saturated rings. The molecule has 0 aliphatic heterocycles. The number of carboxylic acids is 1. The number of carboxylic acid groups (broad SMARTS) is 1. The summed E-state index contributed by atoms with van der Waals surface area (Å²) in [4.78, 5) is 25.8. The molecule has 108 valence electrons. The lowest BCUT2D eigenvalue weighted by Crippen LogP contribution is -2.49. The van der Waals surface area contributed by atoms with E-state index >= 15 is 0 Å². The quantitative estimate of drug-likeness (QED) is 0.703. The number of hydrogen-bond donors (Lipinski definition) is 1. The molecular weight excluding hydrogens is 250 g/mol. The standard InChI is InChI=1S/C12H21N3O4/c1-4-10(11(16)17)14(2)12(18)15(7-5-6-13)8-9-19-3/h10H,4-5,7-9H2,1-3H3,(H,16,17). The van der Waals surface area contributed by atoms with Gasteiger partial charge in [-0.15, -0.1) is 0 Å². The van der Waals surface area contributed by atoms with Crippen LogP contribution < -0.4 is 0 Å². The fourth-order valence-electron chi connectivity index (χ4n) is 1.66. The maximum absolute atomic E-state index is 12.2. The Morgan fingerprint density at radius 2 is 2.05 bits per heavy atom. The molecule has 0 saturated heterocycles. The molecule has 1 unspecified atom stereocenters. The van der Waals surface area contributed by atoms with Crippen molar-refractivity contribution >= 4 is 12.0 Å². The highest BCUT2D eigenvalue weighted by atomic mass is 16.5. The summed E-state index contributed by atoms with van der Waals surface area (Å²) in [6, 6.07) is 0.702. The van der Waals surface area contributed by atoms with Crippen LogP contribution in [0.15, 0.2) is 0 Å². The number of hydrogen-bond acceptors (Lipinski definition) is 4. The number of rotatable bonds is 8. The number of carbonyl (C=O) groups excluding carboxylic acids is 1. The SMILES string of the molecule is CCC(C(=O)O)N(C)C(=O)N(CCC#N)CCOC. The van der Waals surface area contributed by atoms with Crippen molar-refractivity contribution in [2.24, 2.45) is 0 Å². The molecule has 0 rings (SSSR count). The summed E-state index contributed by atoms with van der Waals surface area (Å²) in [6.07, 6.45) is 0.529. The van der Waals surface area contributed by atoms with E-state index in [4.69, 9.17) is 15.1 Å². The van der Waals surface area contributed by atoms with Gasteiger partial charge in [0.05, 0.1) is 19.1 Å². The topological polar surface area (TPSA) is 93.9 Å². The highest BCUT2D eigenvalue weighted by Gasteiger charge is 2.27. The minimum atomic E-state index is -1.04. The normalized spacial score (nSPS) is 11.5. The van der Waals surface area contributed by atoms with Gasteiger partial charge in [0.2, 0.25) is 0 Å². The molecule has 1 N–H and O–H groups in total. The minimum absolute atomic E-state index is 0.202. The van der Waals surface area contributed by atoms with Gasteiger partial charge in [0, 0.05) is 27.2 Å². The van der Waals surface area contributed by atoms with Gasteiger partial charge >= 0.3 is 12.0 Å². The Labute approximate surface area is 113 Å². The van der Waals surface area contributed by atoms with Gasteiger partial charge in [-0.05, 0) is 6.42 Å². The second-order valence-corrected chi connectivity index (χ2v) is 4.04. The molecule has 2 amide bonds. The van der Waals surface area contributed by atoms with E-state index in [9.17, 15) is 9.59 Å². The van der Waals surface area contributed by atoms with Crippen LogP contribution in [0.3, 0.4) is 0 Å². The average molecular weight is 271 g/mol. The summed E-state index contributed by atoms with van der Waals surface area (Å²) in [5, 5.41) is 17.6. The molecule has 0 saturated carbocycles. The van der Waals surface area contributed by atoms with E-state index in [1.165, 1.54) is 24.0 Å². The molecule has 0 aromatic heterocycles. The van der Waals surface area contributed by atoms with Gasteiger partial charge in [-0.2, -0.15) is 5.26 Å². The van der Waals surface area contributed by atoms with Gasteiger partial charge in [-0.3, -0.25) is 0 Å². The van der Waals surface area contributed by atoms with E-state index in [2.05, 4.69) is 0 Å². The predicted octanol–water partition coefficient (Wildman–Crippen LogP) is 0.763. The number of likely N-dealkylation sites (N-methyl/N-ethyl adjacent to an activating group) is 1. The largest absolute Gasteiger partial charge is 0.480 e. The molecular formula is C12H21N3O4. The van der Waals surface area contributed by atoms with E-state index in [1.807, 2.05) is 6.07 Å². The summed E-state index contributed by atoms with van der Waals surface area (Å²) in [5.41, 5.74) is 0. The van der Waals surface area contributed by atoms with Crippen LogP contribution in [-0.2, 0) is 9.53 Å². The van der Waals surface area contributed by atoms with Crippen molar-refractivity contribution in [2.45, 2.75) is 25.8 Å². The fourth-order valence-corrected chi connectivity index (χ4v) is 1.66. The lowest BCUT2D eigenvalue weighted by atomic mass is 10.2. The lowest BCUT2D eigenvalue weighted by Gasteiger charge is -2.30. The van der Waals surface area contributed by atoms with Crippen molar-refractivity contribution < 1.29 is 19.4 Å². The highest BCUT2D eigenvalue weighted by molar-refractivity contribution is 5.82. The third-order valence-corrected chi connectivity index (χ3v) is 2.77. The fraction of sp³-hybridized carbons (Fsp3) is 0.750. The zero-order valence-corrected chi connectivity index (χ0v) is 11.6. The summed E-state index contributed by atoms with van der Waals surface area (Å²) >= 11 is 0. The number of carbonyl (C=O) groups is 2. The number of nitrogens with zero attached hydrogens (tertiary/aromatic N) is 3. The lowest BCUT2D eigenvalue weighted by molar-refractivity contribution is -0.142. The Bertz CT molecular complexity index is 340. The van der Waals surface area contributed by atoms with Crippen molar-refractivity contribution in [1.29, 1.82) is 5.26 Å². The monoisotopic (exact) mass is 271 g/mol. The second kappa shape index (κ2) is 9.16. The predicted molar refractivity (Wildman–Crippen MR) is 68.6 cm³/mol. The van der Waals surface area contributed by atoms with Gasteiger partial charge in [-0.1, -0.05) is 6.92 Å². The van der Waals surface area contributed by atoms with E-state index in [0.29, 0.717) is 19.6 Å². The molecule has 0 aliphatic carbocycles. The van der Waals surface area contributed by atoms with Crippen LogP contribution in [-0.4, -0.2) is 66.8 Å². The Balaban J connectivity index is 4.75. The molecule has 7 heteroatoms. The zero-order chi connectivity index (χ0) is 14.8. The third kappa shape index (κ3) is 5.57. The highest BCUT2D eigenvalue weighted by Crippen LogP contribution is 2.07. The van der Waals surface area contributed by atoms with Crippen LogP contribution in [0.2, 0.25) is 0 Å². The van der Waals surface area contributed by atoms with E-state index < -0.39 is 18.0 Å². The van der Waals surface area contributed by atoms with Crippen molar-refractivity contribution in [3.63, 3.8) is 0 Å². The molecule has 19 heavy (non-hydrogen) atoms. The number of methoxy groups -OCH3 is 1. The molecule has 0 radical (unpaired) electrons. The molecule has 0 aromatic rings. The van der Waals surface area contributed by atoms with Crippen LogP contribution >= 0.6 is 0 Å². The summed E-state index contributed by atoms with van der Waals surface area (Å²) in [7, 11) is 2.97. The summed E-state index contributed by atoms with van der Waals surface area (Å²) < 4.78 is 4.90. The molecule has 0 spiro atoms. The Morgan fingerprint density at radius 1 is 1.42 bits per heavy atom. The zero-order valence-electron chi connectivity index (χ0n) is 11.6. The minimum Gasteiger partial charge on any atom is -0.480 e. The molecule has 0 aliphatic rings. The Kier molecular flexibility index (Phi) is 8.29. The van der Waals surface area contributed by atoms with Crippen molar-refractivity contribution in [2.75, 3.05) is 33.9 Å². The van der Waals surface area contributed by atoms with Crippen LogP contribution in [0.4, 0.5) is 4.79 Å². The van der Waals surface area contributed by atoms with Gasteiger partial charge in [0.25, 0.3) is 0 Å². The first-order chi connectivity index (χ1) is 8.99. The number of ether oxygens (including phenoxy) is 1. The van der Waals surface area contributed by atoms with E-state index in [1.54, 1.807) is 6.92 Å². The number of nitriles is 1. The van der Waals surface area contributed by atoms with Crippen LogP contribution in [0, 0.1) is 11.3 Å². The molecule has 7 nitrogen and oxygen atoms in total. The number of amides is 2. The maximum atomic E-state index is 12.2. The summed E-state index contributed by atoms with van der Waals surface area (Å²) in [6.45, 7) is 2.64. The maximum Gasteiger partial charge on any atom is 0.326 e. The average Bonchev–Trinajstić information content (AvgIpc) is 2.38. The number of urea groups is 1. The van der Waals surface area contributed by atoms with Gasteiger partial charge in [0.1, 0.15) is 6.04 Å². The smallest absolute Gasteiger partial charge is 0.326 e. The van der Waals surface area contributed by atoms with Crippen molar-refractivity contribution in [3.05, 3.63) is 0 Å². The molecule has 0 aromatic carbocycles. The summed E-state index contributed by atoms with van der Waals surface area (Å²) in [5.74, 6) is -1.04. The molecule has 0 heterocycles. The Hall–Kier alpha value is -1.81. The first-order valence-corrected chi connectivity index (χ1v) is 6.10. The molecule has 1 atom stereocenters. The van der Waals surface area contributed by atoms with E-state index in [-0.39, 0.29) is 13.0 Å². The van der Waals surface area contributed by atoms with Crippen molar-refractivity contribution in [3.8, 4) is 6.07 Å². The van der Waals surface area contributed by atoms with Crippen LogP contribution in [0.5, 0.6) is 0 Å². The van der Waals surface area contributed by atoms with Crippen LogP contribution in [0.1, 0.15) is 19.8 Å². The van der Waals surface area contributed by atoms with Crippen LogP contribution in [0.25, 0.3) is 0 Å². The van der Waals surface area contributed by atoms with Gasteiger partial charge in [0.15, 0.2) is 0 Å². The van der Waals surface area contributed by atoms with E-state index in [0.717, 1.165) is 0 Å². The molecule has 0 bridgehead atoms. The Morgan fingerprint density at radius 3 is 2.47 bits per heavy atom.